The number of ether oxygens (including phenoxy) is 1. The summed E-state index contributed by atoms with van der Waals surface area (Å²) in [5.74, 6) is -0.860. The number of aromatic nitrogens is 2. The zero-order valence-corrected chi connectivity index (χ0v) is 14.2. The Morgan fingerprint density at radius 2 is 1.92 bits per heavy atom. The molecule has 24 heavy (non-hydrogen) atoms. The fraction of sp³-hybridized carbons (Fsp3) is 0.353. The van der Waals surface area contributed by atoms with Crippen LogP contribution in [0.15, 0.2) is 24.3 Å². The van der Waals surface area contributed by atoms with Gasteiger partial charge in [0.15, 0.2) is 6.04 Å². The van der Waals surface area contributed by atoms with Gasteiger partial charge in [0.1, 0.15) is 5.75 Å². The molecular weight excluding hydrogens is 310 g/mol. The Hall–Kier alpha value is -2.83. The Kier molecular flexibility index (Phi) is 5.23. The number of carbonyl (C=O) groups is 2. The summed E-state index contributed by atoms with van der Waals surface area (Å²) in [7, 11) is 3.34. The summed E-state index contributed by atoms with van der Waals surface area (Å²) in [4.78, 5) is 23.8. The molecule has 2 rings (SSSR count). The lowest BCUT2D eigenvalue weighted by molar-refractivity contribution is -0.141. The number of aryl methyl sites for hydroxylation is 2. The van der Waals surface area contributed by atoms with Crippen LogP contribution in [0.5, 0.6) is 5.75 Å². The number of methoxy groups -OCH3 is 1. The summed E-state index contributed by atoms with van der Waals surface area (Å²) >= 11 is 0. The summed E-state index contributed by atoms with van der Waals surface area (Å²) in [5, 5.41) is 16.2. The minimum Gasteiger partial charge on any atom is -0.497 e. The van der Waals surface area contributed by atoms with Gasteiger partial charge in [0, 0.05) is 18.3 Å². The van der Waals surface area contributed by atoms with Gasteiger partial charge in [-0.15, -0.1) is 0 Å². The summed E-state index contributed by atoms with van der Waals surface area (Å²) in [5.41, 5.74) is 2.95. The van der Waals surface area contributed by atoms with Crippen LogP contribution < -0.4 is 10.1 Å². The minimum absolute atomic E-state index is 0.0887. The second-order valence-electron chi connectivity index (χ2n) is 5.56. The number of carboxylic acids is 1. The second kappa shape index (κ2) is 7.16. The highest BCUT2D eigenvalue weighted by Crippen LogP contribution is 2.19. The number of carboxylic acid groups (broad SMARTS) is 1. The standard InChI is InChI=1S/C17H21N3O4/c1-10-14(11(2)20(3)19-10)9-15(21)18-16(17(22)23)12-5-7-13(24-4)8-6-12/h5-8,16H,9H2,1-4H3,(H,18,21)(H,22,23). The predicted octanol–water partition coefficient (Wildman–Crippen LogP) is 1.53. The average Bonchev–Trinajstić information content (AvgIpc) is 2.79. The van der Waals surface area contributed by atoms with E-state index in [1.54, 1.807) is 36.0 Å². The molecule has 2 N–H and O–H groups in total. The maximum absolute atomic E-state index is 12.3. The van der Waals surface area contributed by atoms with E-state index in [4.69, 9.17) is 4.74 Å². The lowest BCUT2D eigenvalue weighted by Crippen LogP contribution is -2.34. The molecular formula is C17H21N3O4. The topological polar surface area (TPSA) is 93.5 Å². The molecule has 0 saturated carbocycles. The number of amides is 1. The quantitative estimate of drug-likeness (QED) is 0.837. The first kappa shape index (κ1) is 17.5. The van der Waals surface area contributed by atoms with Gasteiger partial charge < -0.3 is 15.2 Å². The van der Waals surface area contributed by atoms with Crippen molar-refractivity contribution in [2.75, 3.05) is 7.11 Å². The Balaban J connectivity index is 2.15. The van der Waals surface area contributed by atoms with Gasteiger partial charge in [-0.2, -0.15) is 5.10 Å². The van der Waals surface area contributed by atoms with E-state index < -0.39 is 12.0 Å². The van der Waals surface area contributed by atoms with Crippen LogP contribution in [0.1, 0.15) is 28.6 Å². The third-order valence-corrected chi connectivity index (χ3v) is 4.00. The van der Waals surface area contributed by atoms with Crippen molar-refractivity contribution in [1.82, 2.24) is 15.1 Å². The van der Waals surface area contributed by atoms with Crippen molar-refractivity contribution in [2.45, 2.75) is 26.3 Å². The highest BCUT2D eigenvalue weighted by molar-refractivity contribution is 5.86. The lowest BCUT2D eigenvalue weighted by Gasteiger charge is -2.15. The molecule has 1 unspecified atom stereocenters. The predicted molar refractivity (Wildman–Crippen MR) is 87.9 cm³/mol. The highest BCUT2D eigenvalue weighted by Gasteiger charge is 2.23. The Labute approximate surface area is 140 Å². The number of carbonyl (C=O) groups excluding carboxylic acids is 1. The third kappa shape index (κ3) is 3.73. The minimum atomic E-state index is -1.12. The fourth-order valence-corrected chi connectivity index (χ4v) is 2.53. The van der Waals surface area contributed by atoms with E-state index in [-0.39, 0.29) is 12.3 Å². The number of benzene rings is 1. The molecule has 0 fully saturated rings. The molecule has 0 aliphatic rings. The van der Waals surface area contributed by atoms with Gasteiger partial charge >= 0.3 is 5.97 Å². The monoisotopic (exact) mass is 331 g/mol. The normalized spacial score (nSPS) is 11.8. The maximum Gasteiger partial charge on any atom is 0.330 e. The van der Waals surface area contributed by atoms with Gasteiger partial charge in [-0.05, 0) is 31.5 Å². The Morgan fingerprint density at radius 1 is 1.29 bits per heavy atom. The van der Waals surface area contributed by atoms with Gasteiger partial charge in [-0.3, -0.25) is 9.48 Å². The van der Waals surface area contributed by atoms with Gasteiger partial charge in [0.25, 0.3) is 0 Å². The molecule has 1 atom stereocenters. The number of aliphatic carboxylic acids is 1. The van der Waals surface area contributed by atoms with E-state index in [0.29, 0.717) is 11.3 Å². The van der Waals surface area contributed by atoms with Crippen molar-refractivity contribution in [3.05, 3.63) is 46.8 Å². The van der Waals surface area contributed by atoms with Crippen LogP contribution in [0.4, 0.5) is 0 Å². The molecule has 2 aromatic rings. The molecule has 0 radical (unpaired) electrons. The number of hydrogen-bond acceptors (Lipinski definition) is 4. The molecule has 0 aliphatic heterocycles. The fourth-order valence-electron chi connectivity index (χ4n) is 2.53. The molecule has 1 amide bonds. The lowest BCUT2D eigenvalue weighted by atomic mass is 10.1. The zero-order chi connectivity index (χ0) is 17.9. The van der Waals surface area contributed by atoms with Crippen molar-refractivity contribution in [1.29, 1.82) is 0 Å². The summed E-state index contributed by atoms with van der Waals surface area (Å²) in [6, 6.07) is 5.46. The van der Waals surface area contributed by atoms with Gasteiger partial charge in [-0.25, -0.2) is 4.79 Å². The smallest absolute Gasteiger partial charge is 0.330 e. The first-order valence-electron chi connectivity index (χ1n) is 7.48. The van der Waals surface area contributed by atoms with Crippen LogP contribution in [0, 0.1) is 13.8 Å². The van der Waals surface area contributed by atoms with Crippen molar-refractivity contribution in [2.24, 2.45) is 7.05 Å². The molecule has 0 spiro atoms. The van der Waals surface area contributed by atoms with E-state index >= 15 is 0 Å². The summed E-state index contributed by atoms with van der Waals surface area (Å²) < 4.78 is 6.76. The molecule has 1 aromatic heterocycles. The van der Waals surface area contributed by atoms with E-state index in [0.717, 1.165) is 17.0 Å². The van der Waals surface area contributed by atoms with Crippen LogP contribution >= 0.6 is 0 Å². The Bertz CT molecular complexity index is 750. The molecule has 0 bridgehead atoms. The van der Waals surface area contributed by atoms with Gasteiger partial charge in [-0.1, -0.05) is 12.1 Å². The van der Waals surface area contributed by atoms with E-state index in [1.165, 1.54) is 7.11 Å². The van der Waals surface area contributed by atoms with E-state index in [1.807, 2.05) is 13.8 Å². The molecule has 7 heteroatoms. The molecule has 1 aromatic carbocycles. The largest absolute Gasteiger partial charge is 0.497 e. The van der Waals surface area contributed by atoms with Crippen molar-refractivity contribution >= 4 is 11.9 Å². The SMILES string of the molecule is COc1ccc(C(NC(=O)Cc2c(C)nn(C)c2C)C(=O)O)cc1. The zero-order valence-electron chi connectivity index (χ0n) is 14.2. The Morgan fingerprint density at radius 3 is 2.38 bits per heavy atom. The van der Waals surface area contributed by atoms with Crippen LogP contribution in [0.2, 0.25) is 0 Å². The first-order valence-corrected chi connectivity index (χ1v) is 7.48. The summed E-state index contributed by atoms with van der Waals surface area (Å²) in [6.07, 6.45) is 0.0887. The third-order valence-electron chi connectivity index (χ3n) is 4.00. The van der Waals surface area contributed by atoms with Gasteiger partial charge in [0.2, 0.25) is 5.91 Å². The molecule has 7 nitrogen and oxygen atoms in total. The molecule has 0 saturated heterocycles. The van der Waals surface area contributed by atoms with Crippen molar-refractivity contribution in [3.63, 3.8) is 0 Å². The van der Waals surface area contributed by atoms with Crippen LogP contribution in [0.3, 0.4) is 0 Å². The summed E-state index contributed by atoms with van der Waals surface area (Å²) in [6.45, 7) is 3.70. The van der Waals surface area contributed by atoms with Crippen LogP contribution in [0.25, 0.3) is 0 Å². The molecule has 0 aliphatic carbocycles. The average molecular weight is 331 g/mol. The number of hydrogen-bond donors (Lipinski definition) is 2. The number of rotatable bonds is 6. The first-order chi connectivity index (χ1) is 11.3. The van der Waals surface area contributed by atoms with E-state index in [2.05, 4.69) is 10.4 Å². The second-order valence-corrected chi connectivity index (χ2v) is 5.56. The number of nitrogens with zero attached hydrogens (tertiary/aromatic N) is 2. The maximum atomic E-state index is 12.3. The molecule has 1 heterocycles. The van der Waals surface area contributed by atoms with E-state index in [9.17, 15) is 14.7 Å². The van der Waals surface area contributed by atoms with Crippen LogP contribution in [-0.2, 0) is 23.1 Å². The van der Waals surface area contributed by atoms with Crippen molar-refractivity contribution in [3.8, 4) is 5.75 Å². The molecule has 128 valence electrons. The highest BCUT2D eigenvalue weighted by atomic mass is 16.5. The van der Waals surface area contributed by atoms with Gasteiger partial charge in [0.05, 0.1) is 19.2 Å². The number of nitrogens with one attached hydrogen (secondary N) is 1. The van der Waals surface area contributed by atoms with Crippen LogP contribution in [-0.4, -0.2) is 33.9 Å². The van der Waals surface area contributed by atoms with Crippen molar-refractivity contribution < 1.29 is 19.4 Å².